The van der Waals surface area contributed by atoms with Gasteiger partial charge in [-0.15, -0.1) is 0 Å². The molecule has 0 aromatic heterocycles. The quantitative estimate of drug-likeness (QED) is 0.821. The molecule has 126 valence electrons. The Kier molecular flexibility index (Phi) is 6.22. The molecule has 1 N–H and O–H groups in total. The van der Waals surface area contributed by atoms with E-state index in [2.05, 4.69) is 11.5 Å². The van der Waals surface area contributed by atoms with Crippen molar-refractivity contribution in [1.29, 1.82) is 0 Å². The maximum atomic E-state index is 12.6. The van der Waals surface area contributed by atoms with Crippen LogP contribution in [0.5, 0.6) is 5.75 Å². The number of rotatable bonds is 6. The Hall–Kier alpha value is -1.81. The van der Waals surface area contributed by atoms with Crippen molar-refractivity contribution in [3.05, 3.63) is 42.0 Å². The summed E-state index contributed by atoms with van der Waals surface area (Å²) < 4.78 is 0. The molecule has 0 bridgehead atoms. The van der Waals surface area contributed by atoms with Gasteiger partial charge in [-0.3, -0.25) is 9.69 Å². The van der Waals surface area contributed by atoms with E-state index < -0.39 is 0 Å². The molecule has 1 heterocycles. The van der Waals surface area contributed by atoms with Crippen LogP contribution in [0, 0.1) is 5.92 Å². The Labute approximate surface area is 139 Å². The Morgan fingerprint density at radius 1 is 1.35 bits per heavy atom. The maximum absolute atomic E-state index is 12.6. The first-order valence-electron chi connectivity index (χ1n) is 8.43. The highest BCUT2D eigenvalue weighted by molar-refractivity contribution is 5.79. The highest BCUT2D eigenvalue weighted by Crippen LogP contribution is 2.24. The van der Waals surface area contributed by atoms with Crippen LogP contribution in [0.15, 0.2) is 36.4 Å². The van der Waals surface area contributed by atoms with Crippen LogP contribution in [0.4, 0.5) is 0 Å². The summed E-state index contributed by atoms with van der Waals surface area (Å²) in [6.45, 7) is 11.8. The molecule has 4 nitrogen and oxygen atoms in total. The average Bonchev–Trinajstić information content (AvgIpc) is 2.54. The molecule has 1 aromatic carbocycles. The first kappa shape index (κ1) is 17.5. The molecule has 1 aliphatic heterocycles. The van der Waals surface area contributed by atoms with E-state index in [1.54, 1.807) is 6.07 Å². The summed E-state index contributed by atoms with van der Waals surface area (Å²) in [5, 5.41) is 9.87. The van der Waals surface area contributed by atoms with Crippen LogP contribution < -0.4 is 0 Å². The lowest BCUT2D eigenvalue weighted by Crippen LogP contribution is -2.42. The van der Waals surface area contributed by atoms with E-state index in [9.17, 15) is 9.90 Å². The molecule has 23 heavy (non-hydrogen) atoms. The van der Waals surface area contributed by atoms with E-state index in [1.807, 2.05) is 36.9 Å². The molecule has 1 fully saturated rings. The van der Waals surface area contributed by atoms with Crippen LogP contribution in [0.1, 0.15) is 32.3 Å². The summed E-state index contributed by atoms with van der Waals surface area (Å²) in [5.74, 6) is 0.733. The number of likely N-dealkylation sites (tertiary alicyclic amines) is 1. The fourth-order valence-electron chi connectivity index (χ4n) is 3.15. The summed E-state index contributed by atoms with van der Waals surface area (Å²) in [6.07, 6.45) is 1.78. The van der Waals surface area contributed by atoms with Crippen molar-refractivity contribution in [3.63, 3.8) is 0 Å². The van der Waals surface area contributed by atoms with Crippen LogP contribution in [0.3, 0.4) is 0 Å². The first-order chi connectivity index (χ1) is 11.0. The van der Waals surface area contributed by atoms with Gasteiger partial charge in [0, 0.05) is 31.1 Å². The second-order valence-corrected chi connectivity index (χ2v) is 6.49. The molecule has 0 spiro atoms. The van der Waals surface area contributed by atoms with Crippen molar-refractivity contribution < 1.29 is 9.90 Å². The van der Waals surface area contributed by atoms with Crippen molar-refractivity contribution in [2.75, 3.05) is 26.2 Å². The first-order valence-corrected chi connectivity index (χ1v) is 8.43. The van der Waals surface area contributed by atoms with Crippen LogP contribution in [0.2, 0.25) is 0 Å². The van der Waals surface area contributed by atoms with E-state index in [-0.39, 0.29) is 11.8 Å². The second-order valence-electron chi connectivity index (χ2n) is 6.49. The van der Waals surface area contributed by atoms with Gasteiger partial charge in [0.2, 0.25) is 5.91 Å². The molecule has 4 heteroatoms. The zero-order valence-electron chi connectivity index (χ0n) is 14.3. The van der Waals surface area contributed by atoms with E-state index in [0.29, 0.717) is 12.3 Å². The lowest BCUT2D eigenvalue weighted by molar-refractivity contribution is -0.136. The Morgan fingerprint density at radius 3 is 2.57 bits per heavy atom. The van der Waals surface area contributed by atoms with Crippen LogP contribution >= 0.6 is 0 Å². The number of hydrogen-bond donors (Lipinski definition) is 1. The minimum absolute atomic E-state index is 0.120. The summed E-state index contributed by atoms with van der Waals surface area (Å²) in [6, 6.07) is 7.47. The third-order valence-corrected chi connectivity index (χ3v) is 4.48. The summed E-state index contributed by atoms with van der Waals surface area (Å²) in [5.41, 5.74) is 1.98. The van der Waals surface area contributed by atoms with Crippen molar-refractivity contribution in [2.24, 2.45) is 5.92 Å². The second kappa shape index (κ2) is 8.16. The molecule has 1 aliphatic rings. The monoisotopic (exact) mass is 316 g/mol. The summed E-state index contributed by atoms with van der Waals surface area (Å²) in [4.78, 5) is 16.8. The molecule has 0 unspecified atom stereocenters. The molecule has 0 radical (unpaired) electrons. The number of piperidine rings is 1. The predicted molar refractivity (Wildman–Crippen MR) is 93.2 cm³/mol. The topological polar surface area (TPSA) is 43.8 Å². The van der Waals surface area contributed by atoms with Crippen LogP contribution in [-0.4, -0.2) is 47.0 Å². The molecular weight excluding hydrogens is 288 g/mol. The summed E-state index contributed by atoms with van der Waals surface area (Å²) >= 11 is 0. The van der Waals surface area contributed by atoms with Gasteiger partial charge >= 0.3 is 0 Å². The number of likely N-dealkylation sites (N-methyl/N-ethyl adjacent to an activating group) is 1. The number of benzene rings is 1. The SMILES string of the molecule is C=C(C)CN(CC)C(=O)C1CCN(Cc2ccccc2O)CC1. The van der Waals surface area contributed by atoms with E-state index in [1.165, 1.54) is 0 Å². The van der Waals surface area contributed by atoms with Crippen molar-refractivity contribution in [3.8, 4) is 5.75 Å². The fourth-order valence-corrected chi connectivity index (χ4v) is 3.15. The smallest absolute Gasteiger partial charge is 0.226 e. The molecule has 1 aromatic rings. The summed E-state index contributed by atoms with van der Waals surface area (Å²) in [7, 11) is 0. The fraction of sp³-hybridized carbons (Fsp3) is 0.526. The van der Waals surface area contributed by atoms with Gasteiger partial charge in [-0.1, -0.05) is 30.4 Å². The molecular formula is C19H28N2O2. The number of amides is 1. The number of carbonyl (C=O) groups excluding carboxylic acids is 1. The zero-order valence-corrected chi connectivity index (χ0v) is 14.3. The lowest BCUT2D eigenvalue weighted by Gasteiger charge is -2.34. The average molecular weight is 316 g/mol. The molecule has 0 aliphatic carbocycles. The highest BCUT2D eigenvalue weighted by atomic mass is 16.3. The Morgan fingerprint density at radius 2 is 2.00 bits per heavy atom. The lowest BCUT2D eigenvalue weighted by atomic mass is 9.94. The van der Waals surface area contributed by atoms with Gasteiger partial charge in [0.25, 0.3) is 0 Å². The Bertz CT molecular complexity index is 548. The number of hydrogen-bond acceptors (Lipinski definition) is 3. The Balaban J connectivity index is 1.87. The molecule has 0 saturated carbocycles. The van der Waals surface area contributed by atoms with Gasteiger partial charge in [-0.05, 0) is 45.8 Å². The van der Waals surface area contributed by atoms with Gasteiger partial charge < -0.3 is 10.0 Å². The number of phenols is 1. The highest BCUT2D eigenvalue weighted by Gasteiger charge is 2.28. The van der Waals surface area contributed by atoms with Gasteiger partial charge in [0.15, 0.2) is 0 Å². The number of phenolic OH excluding ortho intramolecular Hbond substituents is 1. The van der Waals surface area contributed by atoms with Crippen LogP contribution in [0.25, 0.3) is 0 Å². The van der Waals surface area contributed by atoms with Crippen molar-refractivity contribution in [1.82, 2.24) is 9.80 Å². The van der Waals surface area contributed by atoms with Gasteiger partial charge in [0.1, 0.15) is 5.75 Å². The van der Waals surface area contributed by atoms with E-state index in [0.717, 1.165) is 50.2 Å². The van der Waals surface area contributed by atoms with Gasteiger partial charge in [-0.25, -0.2) is 0 Å². The third kappa shape index (κ3) is 4.83. The molecule has 2 rings (SSSR count). The maximum Gasteiger partial charge on any atom is 0.226 e. The van der Waals surface area contributed by atoms with Crippen molar-refractivity contribution in [2.45, 2.75) is 33.2 Å². The number of carbonyl (C=O) groups is 1. The standard InChI is InChI=1S/C19H28N2O2/c1-4-21(13-15(2)3)19(23)16-9-11-20(12-10-16)14-17-7-5-6-8-18(17)22/h5-8,16,22H,2,4,9-14H2,1,3H3. The largest absolute Gasteiger partial charge is 0.508 e. The minimum Gasteiger partial charge on any atom is -0.508 e. The zero-order chi connectivity index (χ0) is 16.8. The van der Waals surface area contributed by atoms with Crippen molar-refractivity contribution >= 4 is 5.91 Å². The van der Waals surface area contributed by atoms with Crippen LogP contribution in [-0.2, 0) is 11.3 Å². The number of aromatic hydroxyl groups is 1. The predicted octanol–water partition coefficient (Wildman–Crippen LogP) is 3.03. The number of nitrogens with zero attached hydrogens (tertiary/aromatic N) is 2. The minimum atomic E-state index is 0.120. The molecule has 0 atom stereocenters. The molecule has 1 saturated heterocycles. The van der Waals surface area contributed by atoms with E-state index in [4.69, 9.17) is 0 Å². The normalized spacial score (nSPS) is 16.3. The number of para-hydroxylation sites is 1. The van der Waals surface area contributed by atoms with E-state index >= 15 is 0 Å². The third-order valence-electron chi connectivity index (χ3n) is 4.48. The molecule has 1 amide bonds. The van der Waals surface area contributed by atoms with Gasteiger partial charge in [0.05, 0.1) is 0 Å². The van der Waals surface area contributed by atoms with Gasteiger partial charge in [-0.2, -0.15) is 0 Å².